The average molecular weight is 383 g/mol. The van der Waals surface area contributed by atoms with Gasteiger partial charge in [0.15, 0.2) is 11.5 Å². The maximum atomic E-state index is 12.0. The highest BCUT2D eigenvalue weighted by molar-refractivity contribution is 5.92. The summed E-state index contributed by atoms with van der Waals surface area (Å²) >= 11 is 0. The third-order valence-electron chi connectivity index (χ3n) is 3.92. The van der Waals surface area contributed by atoms with Gasteiger partial charge in [-0.05, 0) is 47.9 Å². The van der Waals surface area contributed by atoms with E-state index in [0.29, 0.717) is 30.2 Å². The fourth-order valence-corrected chi connectivity index (χ4v) is 2.42. The van der Waals surface area contributed by atoms with Crippen LogP contribution in [0.1, 0.15) is 34.8 Å². The van der Waals surface area contributed by atoms with Crippen molar-refractivity contribution in [1.82, 2.24) is 5.32 Å². The molecular weight excluding hydrogens is 358 g/mol. The molecule has 6 nitrogen and oxygen atoms in total. The number of rotatable bonds is 9. The molecule has 1 N–H and O–H groups in total. The van der Waals surface area contributed by atoms with Crippen LogP contribution in [0.4, 0.5) is 0 Å². The van der Waals surface area contributed by atoms with Gasteiger partial charge in [0.05, 0.1) is 26.4 Å². The molecule has 1 amide bonds. The molecule has 0 aliphatic carbocycles. The molecule has 2 rings (SSSR count). The normalized spacial score (nSPS) is 10.5. The second-order valence-corrected chi connectivity index (χ2v) is 6.00. The molecule has 0 aliphatic heterocycles. The minimum absolute atomic E-state index is 0.220. The molecule has 148 valence electrons. The van der Waals surface area contributed by atoms with Crippen LogP contribution >= 0.6 is 0 Å². The molecule has 0 unspecified atom stereocenters. The van der Waals surface area contributed by atoms with E-state index in [1.807, 2.05) is 25.1 Å². The Labute approximate surface area is 165 Å². The maximum absolute atomic E-state index is 12.0. The molecule has 0 aromatic heterocycles. The second kappa shape index (κ2) is 10.8. The van der Waals surface area contributed by atoms with Gasteiger partial charge < -0.3 is 19.5 Å². The van der Waals surface area contributed by atoms with Crippen molar-refractivity contribution in [2.45, 2.75) is 19.9 Å². The maximum Gasteiger partial charge on any atom is 0.337 e. The molecular formula is C22H25NO5. The number of benzene rings is 2. The smallest absolute Gasteiger partial charge is 0.337 e. The number of esters is 1. The molecule has 28 heavy (non-hydrogen) atoms. The van der Waals surface area contributed by atoms with E-state index >= 15 is 0 Å². The molecule has 0 saturated carbocycles. The van der Waals surface area contributed by atoms with Gasteiger partial charge in [-0.1, -0.05) is 25.1 Å². The van der Waals surface area contributed by atoms with E-state index in [2.05, 4.69) is 10.1 Å². The molecule has 0 fully saturated rings. The van der Waals surface area contributed by atoms with Crippen molar-refractivity contribution in [2.75, 3.05) is 20.8 Å². The third kappa shape index (κ3) is 6.16. The summed E-state index contributed by atoms with van der Waals surface area (Å²) < 4.78 is 15.6. The number of amides is 1. The summed E-state index contributed by atoms with van der Waals surface area (Å²) in [4.78, 5) is 23.5. The Kier molecular flexibility index (Phi) is 8.09. The van der Waals surface area contributed by atoms with E-state index < -0.39 is 0 Å². The van der Waals surface area contributed by atoms with Crippen LogP contribution in [0.5, 0.6) is 11.5 Å². The number of hydrogen-bond donors (Lipinski definition) is 1. The SMILES string of the molecule is CCCOc1ccc(/C=C/C(=O)NCc2ccc(C(=O)OC)cc2)cc1OC. The van der Waals surface area contributed by atoms with E-state index in [4.69, 9.17) is 9.47 Å². The lowest BCUT2D eigenvalue weighted by Crippen LogP contribution is -2.20. The van der Waals surface area contributed by atoms with E-state index in [1.54, 1.807) is 37.5 Å². The van der Waals surface area contributed by atoms with Gasteiger partial charge in [-0.15, -0.1) is 0 Å². The van der Waals surface area contributed by atoms with Gasteiger partial charge in [0.2, 0.25) is 5.91 Å². The molecule has 0 radical (unpaired) electrons. The predicted octanol–water partition coefficient (Wildman–Crippen LogP) is 3.60. The van der Waals surface area contributed by atoms with Crippen LogP contribution in [0.3, 0.4) is 0 Å². The van der Waals surface area contributed by atoms with Crippen LogP contribution in [-0.4, -0.2) is 32.7 Å². The zero-order valence-electron chi connectivity index (χ0n) is 16.4. The number of ether oxygens (including phenoxy) is 3. The highest BCUT2D eigenvalue weighted by Crippen LogP contribution is 2.28. The molecule has 2 aromatic rings. The van der Waals surface area contributed by atoms with Gasteiger partial charge in [0, 0.05) is 12.6 Å². The zero-order chi connectivity index (χ0) is 20.4. The van der Waals surface area contributed by atoms with E-state index in [9.17, 15) is 9.59 Å². The van der Waals surface area contributed by atoms with Crippen molar-refractivity contribution in [3.8, 4) is 11.5 Å². The van der Waals surface area contributed by atoms with Gasteiger partial charge in [0.25, 0.3) is 0 Å². The number of carbonyl (C=O) groups is 2. The third-order valence-corrected chi connectivity index (χ3v) is 3.92. The van der Waals surface area contributed by atoms with Crippen LogP contribution in [0, 0.1) is 0 Å². The summed E-state index contributed by atoms with van der Waals surface area (Å²) in [7, 11) is 2.92. The predicted molar refractivity (Wildman–Crippen MR) is 107 cm³/mol. The summed E-state index contributed by atoms with van der Waals surface area (Å²) in [5, 5.41) is 2.80. The van der Waals surface area contributed by atoms with Crippen LogP contribution in [0.15, 0.2) is 48.5 Å². The number of nitrogens with one attached hydrogen (secondary N) is 1. The van der Waals surface area contributed by atoms with Crippen molar-refractivity contribution in [3.63, 3.8) is 0 Å². The minimum Gasteiger partial charge on any atom is -0.493 e. The van der Waals surface area contributed by atoms with Crippen molar-refractivity contribution in [1.29, 1.82) is 0 Å². The molecule has 0 saturated heterocycles. The molecule has 2 aromatic carbocycles. The Balaban J connectivity index is 1.91. The van der Waals surface area contributed by atoms with Crippen LogP contribution in [0.2, 0.25) is 0 Å². The molecule has 0 aliphatic rings. The Morgan fingerprint density at radius 1 is 1.04 bits per heavy atom. The van der Waals surface area contributed by atoms with E-state index in [1.165, 1.54) is 13.2 Å². The average Bonchev–Trinajstić information content (AvgIpc) is 2.74. The number of carbonyl (C=O) groups excluding carboxylic acids is 2. The highest BCUT2D eigenvalue weighted by atomic mass is 16.5. The van der Waals surface area contributed by atoms with Gasteiger partial charge in [-0.3, -0.25) is 4.79 Å². The Morgan fingerprint density at radius 2 is 1.79 bits per heavy atom. The molecule has 0 bridgehead atoms. The zero-order valence-corrected chi connectivity index (χ0v) is 16.4. The van der Waals surface area contributed by atoms with E-state index in [-0.39, 0.29) is 11.9 Å². The monoisotopic (exact) mass is 383 g/mol. The Bertz CT molecular complexity index is 827. The van der Waals surface area contributed by atoms with Gasteiger partial charge in [-0.2, -0.15) is 0 Å². The first-order chi connectivity index (χ1) is 13.6. The van der Waals surface area contributed by atoms with Gasteiger partial charge in [0.1, 0.15) is 0 Å². The standard InChI is InChI=1S/C22H25NO5/c1-4-13-28-19-11-7-16(14-20(19)26-2)8-12-21(24)23-15-17-5-9-18(10-6-17)22(25)27-3/h5-12,14H,4,13,15H2,1-3H3,(H,23,24)/b12-8+. The largest absolute Gasteiger partial charge is 0.493 e. The van der Waals surface area contributed by atoms with Crippen molar-refractivity contribution >= 4 is 18.0 Å². The molecule has 6 heteroatoms. The summed E-state index contributed by atoms with van der Waals surface area (Å²) in [5.41, 5.74) is 2.18. The number of hydrogen-bond acceptors (Lipinski definition) is 5. The second-order valence-electron chi connectivity index (χ2n) is 6.00. The fraction of sp³-hybridized carbons (Fsp3) is 0.273. The first-order valence-electron chi connectivity index (χ1n) is 9.01. The van der Waals surface area contributed by atoms with Crippen molar-refractivity contribution < 1.29 is 23.8 Å². The molecule has 0 heterocycles. The van der Waals surface area contributed by atoms with Gasteiger partial charge in [-0.25, -0.2) is 4.79 Å². The first kappa shape index (κ1) is 21.0. The van der Waals surface area contributed by atoms with Crippen LogP contribution in [0.25, 0.3) is 6.08 Å². The first-order valence-corrected chi connectivity index (χ1v) is 9.01. The summed E-state index contributed by atoms with van der Waals surface area (Å²) in [6.07, 6.45) is 4.09. The fourth-order valence-electron chi connectivity index (χ4n) is 2.42. The number of methoxy groups -OCH3 is 2. The Hall–Kier alpha value is -3.28. The quantitative estimate of drug-likeness (QED) is 0.529. The minimum atomic E-state index is -0.389. The van der Waals surface area contributed by atoms with E-state index in [0.717, 1.165) is 17.5 Å². The van der Waals surface area contributed by atoms with Crippen molar-refractivity contribution in [2.24, 2.45) is 0 Å². The highest BCUT2D eigenvalue weighted by Gasteiger charge is 2.06. The topological polar surface area (TPSA) is 73.9 Å². The lowest BCUT2D eigenvalue weighted by molar-refractivity contribution is -0.116. The Morgan fingerprint density at radius 3 is 2.43 bits per heavy atom. The summed E-state index contributed by atoms with van der Waals surface area (Å²) in [6, 6.07) is 12.4. The molecule has 0 spiro atoms. The van der Waals surface area contributed by atoms with Crippen LogP contribution < -0.4 is 14.8 Å². The summed E-state index contributed by atoms with van der Waals surface area (Å²) in [5.74, 6) is 0.699. The summed E-state index contributed by atoms with van der Waals surface area (Å²) in [6.45, 7) is 3.02. The van der Waals surface area contributed by atoms with Crippen molar-refractivity contribution in [3.05, 3.63) is 65.2 Å². The van der Waals surface area contributed by atoms with Gasteiger partial charge >= 0.3 is 5.97 Å². The lowest BCUT2D eigenvalue weighted by Gasteiger charge is -2.10. The molecule has 0 atom stereocenters. The van der Waals surface area contributed by atoms with Crippen LogP contribution in [-0.2, 0) is 16.1 Å². The lowest BCUT2D eigenvalue weighted by atomic mass is 10.1.